The van der Waals surface area contributed by atoms with Crippen LogP contribution >= 0.6 is 34.2 Å². The van der Waals surface area contributed by atoms with Gasteiger partial charge in [-0.1, -0.05) is 17.7 Å². The fourth-order valence-electron chi connectivity index (χ4n) is 1.36. The zero-order valence-electron chi connectivity index (χ0n) is 7.42. The molecule has 0 aliphatic rings. The van der Waals surface area contributed by atoms with Crippen molar-refractivity contribution >= 4 is 45.0 Å². The van der Waals surface area contributed by atoms with E-state index in [-0.39, 0.29) is 0 Å². The molecule has 0 aliphatic carbocycles. The normalized spacial score (nSPS) is 10.5. The van der Waals surface area contributed by atoms with Crippen LogP contribution in [0.5, 0.6) is 5.75 Å². The zero-order chi connectivity index (χ0) is 10.1. The number of halogens is 2. The minimum atomic E-state index is 0.615. The number of benzene rings is 1. The molecule has 0 N–H and O–H groups in total. The summed E-state index contributed by atoms with van der Waals surface area (Å²) >= 11 is 8.24. The van der Waals surface area contributed by atoms with Crippen LogP contribution in [0.4, 0.5) is 0 Å². The smallest absolute Gasteiger partial charge is 0.146 e. The summed E-state index contributed by atoms with van der Waals surface area (Å²) in [6.07, 6.45) is 3.58. The van der Waals surface area contributed by atoms with Gasteiger partial charge in [0.2, 0.25) is 0 Å². The van der Waals surface area contributed by atoms with Gasteiger partial charge in [-0.25, -0.2) is 0 Å². The number of fused-ring (bicyclic) bond motifs is 1. The maximum absolute atomic E-state index is 6.00. The van der Waals surface area contributed by atoms with E-state index in [0.29, 0.717) is 10.8 Å². The molecule has 0 spiro atoms. The van der Waals surface area contributed by atoms with Crippen molar-refractivity contribution < 1.29 is 4.74 Å². The van der Waals surface area contributed by atoms with E-state index in [4.69, 9.17) is 16.3 Å². The predicted molar refractivity (Wildman–Crippen MR) is 66.0 cm³/mol. The molecule has 1 aromatic heterocycles. The first-order valence-corrected chi connectivity index (χ1v) is 5.45. The van der Waals surface area contributed by atoms with Crippen LogP contribution in [-0.4, -0.2) is 12.1 Å². The van der Waals surface area contributed by atoms with Gasteiger partial charge in [0.1, 0.15) is 5.75 Å². The van der Waals surface area contributed by atoms with Crippen molar-refractivity contribution in [2.75, 3.05) is 7.11 Å². The van der Waals surface area contributed by atoms with Crippen LogP contribution in [-0.2, 0) is 0 Å². The SMILES string of the molecule is COc1c(Cl)ccc2c(I)cncc12. The second kappa shape index (κ2) is 3.90. The van der Waals surface area contributed by atoms with Gasteiger partial charge in [-0.05, 0) is 28.7 Å². The van der Waals surface area contributed by atoms with Crippen LogP contribution in [0.2, 0.25) is 5.02 Å². The van der Waals surface area contributed by atoms with E-state index < -0.39 is 0 Å². The molecule has 1 heterocycles. The van der Waals surface area contributed by atoms with Crippen LogP contribution in [0.1, 0.15) is 0 Å². The molecule has 72 valence electrons. The van der Waals surface area contributed by atoms with Gasteiger partial charge in [-0.3, -0.25) is 4.98 Å². The molecule has 2 rings (SSSR count). The Hall–Kier alpha value is -0.550. The van der Waals surface area contributed by atoms with Gasteiger partial charge in [-0.15, -0.1) is 0 Å². The summed E-state index contributed by atoms with van der Waals surface area (Å²) in [5.41, 5.74) is 0. The highest BCUT2D eigenvalue weighted by Gasteiger charge is 2.08. The fraction of sp³-hybridized carbons (Fsp3) is 0.100. The molecule has 2 aromatic rings. The number of hydrogen-bond donors (Lipinski definition) is 0. The summed E-state index contributed by atoms with van der Waals surface area (Å²) in [6.45, 7) is 0. The zero-order valence-corrected chi connectivity index (χ0v) is 10.3. The van der Waals surface area contributed by atoms with Crippen LogP contribution in [0.15, 0.2) is 24.5 Å². The van der Waals surface area contributed by atoms with Crippen LogP contribution in [0.3, 0.4) is 0 Å². The summed E-state index contributed by atoms with van der Waals surface area (Å²) < 4.78 is 6.33. The third kappa shape index (κ3) is 1.54. The molecular formula is C10H7ClINO. The summed E-state index contributed by atoms with van der Waals surface area (Å²) in [6, 6.07) is 3.81. The quantitative estimate of drug-likeness (QED) is 0.751. The maximum atomic E-state index is 6.00. The first-order chi connectivity index (χ1) is 6.74. The van der Waals surface area contributed by atoms with Crippen molar-refractivity contribution in [2.24, 2.45) is 0 Å². The Balaban J connectivity index is 2.88. The molecule has 0 radical (unpaired) electrons. The second-order valence-electron chi connectivity index (χ2n) is 2.80. The van der Waals surface area contributed by atoms with Crippen LogP contribution in [0, 0.1) is 3.57 Å². The molecule has 0 amide bonds. The number of ether oxygens (including phenoxy) is 1. The highest BCUT2D eigenvalue weighted by Crippen LogP contribution is 2.34. The highest BCUT2D eigenvalue weighted by molar-refractivity contribution is 14.1. The highest BCUT2D eigenvalue weighted by atomic mass is 127. The van der Waals surface area contributed by atoms with Gasteiger partial charge in [0.05, 0.1) is 12.1 Å². The number of nitrogens with zero attached hydrogens (tertiary/aromatic N) is 1. The number of methoxy groups -OCH3 is 1. The predicted octanol–water partition coefficient (Wildman–Crippen LogP) is 3.50. The molecule has 0 saturated heterocycles. The Bertz CT molecular complexity index is 487. The Morgan fingerprint density at radius 2 is 2.07 bits per heavy atom. The Kier molecular flexibility index (Phi) is 2.78. The average molecular weight is 320 g/mol. The van der Waals surface area contributed by atoms with Crippen molar-refractivity contribution in [1.82, 2.24) is 4.98 Å². The minimum absolute atomic E-state index is 0.615. The topological polar surface area (TPSA) is 22.1 Å². The van der Waals surface area contributed by atoms with Gasteiger partial charge < -0.3 is 4.74 Å². The first kappa shape index (κ1) is 9.98. The molecule has 0 fully saturated rings. The minimum Gasteiger partial charge on any atom is -0.494 e. The largest absolute Gasteiger partial charge is 0.494 e. The molecule has 4 heteroatoms. The Morgan fingerprint density at radius 1 is 1.29 bits per heavy atom. The Labute approximate surface area is 100 Å². The molecule has 0 atom stereocenters. The molecule has 0 unspecified atom stereocenters. The molecule has 0 bridgehead atoms. The molecule has 2 nitrogen and oxygen atoms in total. The van der Waals surface area contributed by atoms with E-state index in [1.807, 2.05) is 18.3 Å². The number of hydrogen-bond acceptors (Lipinski definition) is 2. The van der Waals surface area contributed by atoms with E-state index in [2.05, 4.69) is 27.6 Å². The van der Waals surface area contributed by atoms with E-state index in [9.17, 15) is 0 Å². The maximum Gasteiger partial charge on any atom is 0.146 e. The number of rotatable bonds is 1. The standard InChI is InChI=1S/C10H7ClINO/c1-14-10-7-4-13-5-9(12)6(7)2-3-8(10)11/h2-5H,1H3. The van der Waals surface area contributed by atoms with Gasteiger partial charge in [-0.2, -0.15) is 0 Å². The van der Waals surface area contributed by atoms with Gasteiger partial charge in [0.15, 0.2) is 0 Å². The number of pyridine rings is 1. The summed E-state index contributed by atoms with van der Waals surface area (Å²) in [7, 11) is 1.61. The lowest BCUT2D eigenvalue weighted by atomic mass is 10.1. The van der Waals surface area contributed by atoms with Gasteiger partial charge in [0, 0.05) is 26.7 Å². The van der Waals surface area contributed by atoms with E-state index in [1.54, 1.807) is 13.3 Å². The van der Waals surface area contributed by atoms with Crippen molar-refractivity contribution in [2.45, 2.75) is 0 Å². The molecule has 0 aliphatic heterocycles. The lowest BCUT2D eigenvalue weighted by Gasteiger charge is -2.07. The second-order valence-corrected chi connectivity index (χ2v) is 4.37. The average Bonchev–Trinajstić information content (AvgIpc) is 2.18. The van der Waals surface area contributed by atoms with Crippen molar-refractivity contribution in [3.8, 4) is 5.75 Å². The van der Waals surface area contributed by atoms with Gasteiger partial charge >= 0.3 is 0 Å². The molecule has 0 saturated carbocycles. The van der Waals surface area contributed by atoms with Crippen molar-refractivity contribution in [3.63, 3.8) is 0 Å². The fourth-order valence-corrected chi connectivity index (χ4v) is 2.24. The van der Waals surface area contributed by atoms with Crippen molar-refractivity contribution in [3.05, 3.63) is 33.1 Å². The van der Waals surface area contributed by atoms with Crippen molar-refractivity contribution in [1.29, 1.82) is 0 Å². The first-order valence-electron chi connectivity index (χ1n) is 3.99. The van der Waals surface area contributed by atoms with Crippen LogP contribution in [0.25, 0.3) is 10.8 Å². The van der Waals surface area contributed by atoms with Crippen LogP contribution < -0.4 is 4.74 Å². The van der Waals surface area contributed by atoms with E-state index in [0.717, 1.165) is 14.3 Å². The molecular weight excluding hydrogens is 312 g/mol. The summed E-state index contributed by atoms with van der Waals surface area (Å²) in [5.74, 6) is 0.690. The molecule has 1 aromatic carbocycles. The Morgan fingerprint density at radius 3 is 2.79 bits per heavy atom. The summed E-state index contributed by atoms with van der Waals surface area (Å²) in [4.78, 5) is 4.12. The molecule has 14 heavy (non-hydrogen) atoms. The lowest BCUT2D eigenvalue weighted by Crippen LogP contribution is -1.88. The monoisotopic (exact) mass is 319 g/mol. The third-order valence-corrected chi connectivity index (χ3v) is 3.16. The summed E-state index contributed by atoms with van der Waals surface area (Å²) in [5, 5.41) is 2.68. The lowest BCUT2D eigenvalue weighted by molar-refractivity contribution is 0.420. The number of aromatic nitrogens is 1. The third-order valence-electron chi connectivity index (χ3n) is 2.00. The van der Waals surface area contributed by atoms with E-state index in [1.165, 1.54) is 0 Å². The van der Waals surface area contributed by atoms with Gasteiger partial charge in [0.25, 0.3) is 0 Å². The van der Waals surface area contributed by atoms with E-state index >= 15 is 0 Å².